The van der Waals surface area contributed by atoms with Gasteiger partial charge < -0.3 is 9.84 Å². The van der Waals surface area contributed by atoms with Crippen molar-refractivity contribution in [3.05, 3.63) is 36.5 Å². The second-order valence-corrected chi connectivity index (χ2v) is 6.08. The molecule has 0 spiro atoms. The number of hydrogen-bond donors (Lipinski definition) is 1. The van der Waals surface area contributed by atoms with E-state index in [1.807, 2.05) is 30.3 Å². The molecule has 1 N–H and O–H groups in total. The van der Waals surface area contributed by atoms with Crippen molar-refractivity contribution in [1.82, 2.24) is 9.66 Å². The van der Waals surface area contributed by atoms with Gasteiger partial charge in [-0.2, -0.15) is 0 Å². The standard InChI is InChI=1S/C14H11F2N3OS/c1-14(15,16)12-18-19-7-9(17-13(19)21-12)11-6-8-4-2-3-5-10(8)20-11/h2-7,12,18H,1H3. The molecule has 3 aromatic rings. The van der Waals surface area contributed by atoms with Crippen LogP contribution in [0.5, 0.6) is 0 Å². The van der Waals surface area contributed by atoms with E-state index in [0.717, 1.165) is 29.7 Å². The van der Waals surface area contributed by atoms with Gasteiger partial charge in [-0.05, 0) is 12.1 Å². The van der Waals surface area contributed by atoms with Gasteiger partial charge in [-0.15, -0.1) is 0 Å². The van der Waals surface area contributed by atoms with Crippen molar-refractivity contribution in [2.75, 3.05) is 5.43 Å². The molecule has 21 heavy (non-hydrogen) atoms. The Bertz CT molecular complexity index is 765. The summed E-state index contributed by atoms with van der Waals surface area (Å²) >= 11 is 1.01. The lowest BCUT2D eigenvalue weighted by Crippen LogP contribution is -2.34. The number of alkyl halides is 2. The molecule has 0 saturated carbocycles. The number of aromatic nitrogens is 2. The number of halogens is 2. The van der Waals surface area contributed by atoms with Gasteiger partial charge in [0.05, 0.1) is 6.20 Å². The van der Waals surface area contributed by atoms with Crippen LogP contribution in [0.15, 0.2) is 46.1 Å². The number of hydrogen-bond acceptors (Lipinski definition) is 4. The van der Waals surface area contributed by atoms with E-state index in [0.29, 0.717) is 16.6 Å². The van der Waals surface area contributed by atoms with Crippen LogP contribution in [0.4, 0.5) is 8.78 Å². The normalized spacial score (nSPS) is 18.0. The van der Waals surface area contributed by atoms with E-state index in [4.69, 9.17) is 4.42 Å². The first-order chi connectivity index (χ1) is 10.0. The molecule has 0 radical (unpaired) electrons. The summed E-state index contributed by atoms with van der Waals surface area (Å²) in [5.41, 5.74) is 4.13. The summed E-state index contributed by atoms with van der Waals surface area (Å²) in [7, 11) is 0. The fourth-order valence-corrected chi connectivity index (χ4v) is 3.19. The van der Waals surface area contributed by atoms with Crippen molar-refractivity contribution in [1.29, 1.82) is 0 Å². The van der Waals surface area contributed by atoms with E-state index in [2.05, 4.69) is 10.4 Å². The lowest BCUT2D eigenvalue weighted by molar-refractivity contribution is 0.0248. The number of nitrogens with one attached hydrogen (secondary N) is 1. The molecule has 0 fully saturated rings. The predicted octanol–water partition coefficient (Wildman–Crippen LogP) is 3.93. The molecule has 7 heteroatoms. The molecule has 4 nitrogen and oxygen atoms in total. The fraction of sp³-hybridized carbons (Fsp3) is 0.214. The van der Waals surface area contributed by atoms with E-state index < -0.39 is 11.3 Å². The maximum absolute atomic E-state index is 13.3. The summed E-state index contributed by atoms with van der Waals surface area (Å²) in [6, 6.07) is 9.55. The summed E-state index contributed by atoms with van der Waals surface area (Å²) in [5.74, 6) is -2.19. The molecule has 4 rings (SSSR count). The monoisotopic (exact) mass is 307 g/mol. The Morgan fingerprint density at radius 3 is 2.90 bits per heavy atom. The van der Waals surface area contributed by atoms with Crippen LogP contribution in [0, 0.1) is 0 Å². The van der Waals surface area contributed by atoms with Crippen LogP contribution in [0.3, 0.4) is 0 Å². The Labute approximate surface area is 123 Å². The highest BCUT2D eigenvalue weighted by atomic mass is 32.2. The van der Waals surface area contributed by atoms with E-state index >= 15 is 0 Å². The van der Waals surface area contributed by atoms with Crippen LogP contribution in [0.2, 0.25) is 0 Å². The second kappa shape index (κ2) is 4.24. The van der Waals surface area contributed by atoms with Gasteiger partial charge in [0.2, 0.25) is 0 Å². The Kier molecular flexibility index (Phi) is 2.56. The van der Waals surface area contributed by atoms with Crippen molar-refractivity contribution >= 4 is 22.7 Å². The van der Waals surface area contributed by atoms with Gasteiger partial charge in [0.1, 0.15) is 11.3 Å². The topological polar surface area (TPSA) is 43.0 Å². The maximum atomic E-state index is 13.3. The summed E-state index contributed by atoms with van der Waals surface area (Å²) in [6.07, 6.45) is 1.67. The van der Waals surface area contributed by atoms with Crippen LogP contribution in [-0.2, 0) is 0 Å². The number of thioether (sulfide) groups is 1. The minimum Gasteiger partial charge on any atom is -0.454 e. The van der Waals surface area contributed by atoms with E-state index in [9.17, 15) is 8.78 Å². The maximum Gasteiger partial charge on any atom is 0.276 e. The first-order valence-electron chi connectivity index (χ1n) is 6.40. The summed E-state index contributed by atoms with van der Waals surface area (Å²) in [4.78, 5) is 4.36. The molecule has 0 amide bonds. The Morgan fingerprint density at radius 2 is 2.19 bits per heavy atom. The number of imidazole rings is 1. The van der Waals surface area contributed by atoms with Crippen LogP contribution in [0.1, 0.15) is 6.92 Å². The predicted molar refractivity (Wildman–Crippen MR) is 77.1 cm³/mol. The molecule has 1 aliphatic heterocycles. The van der Waals surface area contributed by atoms with Crippen LogP contribution < -0.4 is 5.43 Å². The molecule has 2 aromatic heterocycles. The molecule has 0 bridgehead atoms. The van der Waals surface area contributed by atoms with Crippen molar-refractivity contribution in [3.63, 3.8) is 0 Å². The number of fused-ring (bicyclic) bond motifs is 2. The van der Waals surface area contributed by atoms with Crippen molar-refractivity contribution < 1.29 is 13.2 Å². The molecule has 0 aliphatic carbocycles. The molecule has 0 saturated heterocycles. The summed E-state index contributed by atoms with van der Waals surface area (Å²) in [6.45, 7) is 0.893. The van der Waals surface area contributed by atoms with Crippen LogP contribution >= 0.6 is 11.8 Å². The fourth-order valence-electron chi connectivity index (χ4n) is 2.24. The molecule has 1 unspecified atom stereocenters. The Morgan fingerprint density at radius 1 is 1.38 bits per heavy atom. The first-order valence-corrected chi connectivity index (χ1v) is 7.28. The van der Waals surface area contributed by atoms with Gasteiger partial charge in [-0.1, -0.05) is 30.0 Å². The average Bonchev–Trinajstić information content (AvgIpc) is 3.09. The second-order valence-electron chi connectivity index (χ2n) is 5.01. The van der Waals surface area contributed by atoms with Crippen molar-refractivity contribution in [2.24, 2.45) is 0 Å². The minimum atomic E-state index is -2.81. The average molecular weight is 307 g/mol. The van der Waals surface area contributed by atoms with Gasteiger partial charge in [0.15, 0.2) is 16.3 Å². The Hall–Kier alpha value is -2.02. The van der Waals surface area contributed by atoms with Gasteiger partial charge in [0.25, 0.3) is 5.92 Å². The third-order valence-corrected chi connectivity index (χ3v) is 4.55. The highest BCUT2D eigenvalue weighted by molar-refractivity contribution is 8.00. The van der Waals surface area contributed by atoms with Crippen molar-refractivity contribution in [2.45, 2.75) is 23.4 Å². The van der Waals surface area contributed by atoms with E-state index in [1.54, 1.807) is 6.20 Å². The first kappa shape index (κ1) is 12.7. The van der Waals surface area contributed by atoms with Crippen LogP contribution in [0.25, 0.3) is 22.4 Å². The van der Waals surface area contributed by atoms with E-state index in [1.165, 1.54) is 4.68 Å². The zero-order valence-electron chi connectivity index (χ0n) is 11.0. The van der Waals surface area contributed by atoms with Gasteiger partial charge >= 0.3 is 0 Å². The van der Waals surface area contributed by atoms with Crippen molar-refractivity contribution in [3.8, 4) is 11.5 Å². The molecule has 1 atom stereocenters. The zero-order chi connectivity index (χ0) is 14.6. The largest absolute Gasteiger partial charge is 0.454 e. The minimum absolute atomic E-state index is 0.511. The Balaban J connectivity index is 1.68. The SMILES string of the molecule is CC(F)(F)C1Nn2cc(-c3cc4ccccc4o3)nc2S1. The molecule has 108 valence electrons. The van der Waals surface area contributed by atoms with Gasteiger partial charge in [-0.3, -0.25) is 0 Å². The molecular weight excluding hydrogens is 296 g/mol. The number of nitrogens with zero attached hydrogens (tertiary/aromatic N) is 2. The molecule has 1 aromatic carbocycles. The number of furan rings is 1. The van der Waals surface area contributed by atoms with Gasteiger partial charge in [0, 0.05) is 12.3 Å². The number of benzene rings is 1. The number of para-hydroxylation sites is 1. The number of rotatable bonds is 2. The molecular formula is C14H11F2N3OS. The molecule has 1 aliphatic rings. The van der Waals surface area contributed by atoms with Gasteiger partial charge in [-0.25, -0.2) is 18.4 Å². The van der Waals surface area contributed by atoms with Crippen LogP contribution in [-0.4, -0.2) is 21.0 Å². The quantitative estimate of drug-likeness (QED) is 0.779. The zero-order valence-corrected chi connectivity index (χ0v) is 11.8. The lowest BCUT2D eigenvalue weighted by Gasteiger charge is -2.17. The van der Waals surface area contributed by atoms with E-state index in [-0.39, 0.29) is 0 Å². The lowest BCUT2D eigenvalue weighted by atomic mass is 10.2. The summed E-state index contributed by atoms with van der Waals surface area (Å²) < 4.78 is 33.8. The third kappa shape index (κ3) is 2.08. The molecule has 3 heterocycles. The highest BCUT2D eigenvalue weighted by Gasteiger charge is 2.40. The highest BCUT2D eigenvalue weighted by Crippen LogP contribution is 2.38. The summed E-state index contributed by atoms with van der Waals surface area (Å²) in [5, 5.41) is 0.501. The smallest absolute Gasteiger partial charge is 0.276 e. The third-order valence-electron chi connectivity index (χ3n) is 3.29.